The first-order valence-corrected chi connectivity index (χ1v) is 6.64. The molecule has 1 aliphatic carbocycles. The van der Waals surface area contributed by atoms with E-state index >= 15 is 0 Å². The van der Waals surface area contributed by atoms with Crippen LogP contribution in [0.15, 0.2) is 22.7 Å². The van der Waals surface area contributed by atoms with E-state index in [4.69, 9.17) is 5.26 Å². The van der Waals surface area contributed by atoms with E-state index in [-0.39, 0.29) is 0 Å². The van der Waals surface area contributed by atoms with Crippen molar-refractivity contribution >= 4 is 21.6 Å². The Kier molecular flexibility index (Phi) is 4.03. The molecule has 17 heavy (non-hydrogen) atoms. The molecule has 0 radical (unpaired) electrons. The maximum atomic E-state index is 9.00. The molecule has 1 saturated carbocycles. The SMILES string of the molecule is CN(CCNc1cc(Br)ccc1C#N)C1CC1. The van der Waals surface area contributed by atoms with Gasteiger partial charge in [-0.25, -0.2) is 0 Å². The molecule has 0 saturated heterocycles. The number of nitrogens with zero attached hydrogens (tertiary/aromatic N) is 2. The summed E-state index contributed by atoms with van der Waals surface area (Å²) in [6, 6.07) is 8.66. The molecule has 0 bridgehead atoms. The largest absolute Gasteiger partial charge is 0.383 e. The fourth-order valence-corrected chi connectivity index (χ4v) is 2.19. The summed E-state index contributed by atoms with van der Waals surface area (Å²) in [6.07, 6.45) is 2.66. The van der Waals surface area contributed by atoms with Crippen LogP contribution in [0.4, 0.5) is 5.69 Å². The lowest BCUT2D eigenvalue weighted by Gasteiger charge is -2.16. The highest BCUT2D eigenvalue weighted by Gasteiger charge is 2.25. The molecule has 0 aromatic heterocycles. The molecule has 0 heterocycles. The van der Waals surface area contributed by atoms with Crippen LogP contribution in [0.25, 0.3) is 0 Å². The number of halogens is 1. The number of hydrogen-bond acceptors (Lipinski definition) is 3. The monoisotopic (exact) mass is 293 g/mol. The van der Waals surface area contributed by atoms with Crippen LogP contribution >= 0.6 is 15.9 Å². The molecule has 1 aromatic rings. The topological polar surface area (TPSA) is 39.1 Å². The van der Waals surface area contributed by atoms with Crippen molar-refractivity contribution in [1.29, 1.82) is 5.26 Å². The molecule has 1 aromatic carbocycles. The molecule has 1 aliphatic rings. The zero-order valence-electron chi connectivity index (χ0n) is 9.91. The van der Waals surface area contributed by atoms with E-state index in [0.717, 1.165) is 29.3 Å². The predicted octanol–water partition coefficient (Wildman–Crippen LogP) is 2.83. The molecule has 0 atom stereocenters. The van der Waals surface area contributed by atoms with Gasteiger partial charge in [0, 0.05) is 23.6 Å². The fraction of sp³-hybridized carbons (Fsp3) is 0.462. The number of hydrogen-bond donors (Lipinski definition) is 1. The first-order valence-electron chi connectivity index (χ1n) is 5.84. The van der Waals surface area contributed by atoms with Crippen molar-refractivity contribution in [2.45, 2.75) is 18.9 Å². The van der Waals surface area contributed by atoms with Gasteiger partial charge < -0.3 is 10.2 Å². The van der Waals surface area contributed by atoms with Crippen molar-refractivity contribution in [2.75, 3.05) is 25.5 Å². The third-order valence-electron chi connectivity index (χ3n) is 3.05. The number of rotatable bonds is 5. The van der Waals surface area contributed by atoms with E-state index in [0.29, 0.717) is 5.56 Å². The van der Waals surface area contributed by atoms with E-state index in [9.17, 15) is 0 Å². The van der Waals surface area contributed by atoms with Gasteiger partial charge in [-0.15, -0.1) is 0 Å². The Morgan fingerprint density at radius 2 is 2.29 bits per heavy atom. The second kappa shape index (κ2) is 5.52. The standard InChI is InChI=1S/C13H16BrN3/c1-17(12-4-5-12)7-6-16-13-8-11(14)3-2-10(13)9-15/h2-3,8,12,16H,4-7H2,1H3. The van der Waals surface area contributed by atoms with Gasteiger partial charge in [0.2, 0.25) is 0 Å². The molecular weight excluding hydrogens is 278 g/mol. The molecule has 3 nitrogen and oxygen atoms in total. The molecule has 0 aliphatic heterocycles. The van der Waals surface area contributed by atoms with Gasteiger partial charge in [0.05, 0.1) is 11.3 Å². The zero-order valence-corrected chi connectivity index (χ0v) is 11.5. The third kappa shape index (κ3) is 3.45. The molecule has 90 valence electrons. The van der Waals surface area contributed by atoms with Gasteiger partial charge in [0.1, 0.15) is 6.07 Å². The van der Waals surface area contributed by atoms with Crippen molar-refractivity contribution in [2.24, 2.45) is 0 Å². The second-order valence-corrected chi connectivity index (χ2v) is 5.36. The lowest BCUT2D eigenvalue weighted by molar-refractivity contribution is 0.337. The van der Waals surface area contributed by atoms with Crippen LogP contribution in [0.2, 0.25) is 0 Å². The first kappa shape index (κ1) is 12.4. The minimum Gasteiger partial charge on any atom is -0.383 e. The van der Waals surface area contributed by atoms with Crippen molar-refractivity contribution < 1.29 is 0 Å². The fourth-order valence-electron chi connectivity index (χ4n) is 1.83. The molecule has 1 N–H and O–H groups in total. The summed E-state index contributed by atoms with van der Waals surface area (Å²) >= 11 is 3.42. The maximum Gasteiger partial charge on any atom is 0.101 e. The van der Waals surface area contributed by atoms with Crippen molar-refractivity contribution in [1.82, 2.24) is 4.90 Å². The maximum absolute atomic E-state index is 9.00. The van der Waals surface area contributed by atoms with Crippen molar-refractivity contribution in [3.8, 4) is 6.07 Å². The zero-order chi connectivity index (χ0) is 12.3. The highest BCUT2D eigenvalue weighted by Crippen LogP contribution is 2.25. The Labute approximate surface area is 111 Å². The molecule has 0 unspecified atom stereocenters. The lowest BCUT2D eigenvalue weighted by atomic mass is 10.2. The highest BCUT2D eigenvalue weighted by atomic mass is 79.9. The number of benzene rings is 1. The van der Waals surface area contributed by atoms with Crippen LogP contribution in [0.5, 0.6) is 0 Å². The van der Waals surface area contributed by atoms with Crippen LogP contribution in [0.3, 0.4) is 0 Å². The minimum absolute atomic E-state index is 0.697. The van der Waals surface area contributed by atoms with E-state index < -0.39 is 0 Å². The number of anilines is 1. The first-order chi connectivity index (χ1) is 8.20. The average molecular weight is 294 g/mol. The summed E-state index contributed by atoms with van der Waals surface area (Å²) in [4.78, 5) is 2.37. The number of likely N-dealkylation sites (N-methyl/N-ethyl adjacent to an activating group) is 1. The van der Waals surface area contributed by atoms with E-state index in [1.807, 2.05) is 18.2 Å². The van der Waals surface area contributed by atoms with E-state index in [2.05, 4.69) is 39.3 Å². The summed E-state index contributed by atoms with van der Waals surface area (Å²) in [5, 5.41) is 12.3. The van der Waals surface area contributed by atoms with Gasteiger partial charge >= 0.3 is 0 Å². The summed E-state index contributed by atoms with van der Waals surface area (Å²) in [5.74, 6) is 0. The van der Waals surface area contributed by atoms with Crippen LogP contribution in [-0.4, -0.2) is 31.1 Å². The Balaban J connectivity index is 1.89. The van der Waals surface area contributed by atoms with Crippen LogP contribution in [0, 0.1) is 11.3 Å². The normalized spacial score (nSPS) is 14.7. The average Bonchev–Trinajstić information content (AvgIpc) is 3.13. The van der Waals surface area contributed by atoms with Crippen LogP contribution in [-0.2, 0) is 0 Å². The van der Waals surface area contributed by atoms with Crippen molar-refractivity contribution in [3.05, 3.63) is 28.2 Å². The van der Waals surface area contributed by atoms with Gasteiger partial charge in [0.25, 0.3) is 0 Å². The van der Waals surface area contributed by atoms with E-state index in [1.165, 1.54) is 12.8 Å². The van der Waals surface area contributed by atoms with Gasteiger partial charge in [0.15, 0.2) is 0 Å². The molecular formula is C13H16BrN3. The molecule has 2 rings (SSSR count). The number of nitriles is 1. The lowest BCUT2D eigenvalue weighted by Crippen LogP contribution is -2.27. The Morgan fingerprint density at radius 1 is 1.53 bits per heavy atom. The Bertz CT molecular complexity index is 435. The highest BCUT2D eigenvalue weighted by molar-refractivity contribution is 9.10. The summed E-state index contributed by atoms with van der Waals surface area (Å²) < 4.78 is 0.995. The van der Waals surface area contributed by atoms with Gasteiger partial charge in [-0.3, -0.25) is 0 Å². The van der Waals surface area contributed by atoms with Crippen molar-refractivity contribution in [3.63, 3.8) is 0 Å². The van der Waals surface area contributed by atoms with Crippen LogP contribution in [0.1, 0.15) is 18.4 Å². The third-order valence-corrected chi connectivity index (χ3v) is 3.55. The molecule has 1 fully saturated rings. The predicted molar refractivity (Wildman–Crippen MR) is 73.0 cm³/mol. The van der Waals surface area contributed by atoms with Gasteiger partial charge in [-0.05, 0) is 38.1 Å². The number of nitrogens with one attached hydrogen (secondary N) is 1. The van der Waals surface area contributed by atoms with Gasteiger partial charge in [-0.2, -0.15) is 5.26 Å². The van der Waals surface area contributed by atoms with E-state index in [1.54, 1.807) is 0 Å². The molecule has 4 heteroatoms. The van der Waals surface area contributed by atoms with Crippen LogP contribution < -0.4 is 5.32 Å². The summed E-state index contributed by atoms with van der Waals surface area (Å²) in [6.45, 7) is 1.89. The Hall–Kier alpha value is -1.05. The molecule has 0 amide bonds. The summed E-state index contributed by atoms with van der Waals surface area (Å²) in [5.41, 5.74) is 1.60. The van der Waals surface area contributed by atoms with Gasteiger partial charge in [-0.1, -0.05) is 15.9 Å². The summed E-state index contributed by atoms with van der Waals surface area (Å²) in [7, 11) is 2.16. The minimum atomic E-state index is 0.697. The molecule has 0 spiro atoms. The quantitative estimate of drug-likeness (QED) is 0.907. The smallest absolute Gasteiger partial charge is 0.101 e. The second-order valence-electron chi connectivity index (χ2n) is 4.44. The Morgan fingerprint density at radius 3 is 2.94 bits per heavy atom.